The van der Waals surface area contributed by atoms with Gasteiger partial charge in [-0.2, -0.15) is 0 Å². The number of benzene rings is 2. The van der Waals surface area contributed by atoms with Crippen LogP contribution in [0, 0.1) is 6.92 Å². The van der Waals surface area contributed by atoms with Crippen LogP contribution in [0.5, 0.6) is 5.88 Å². The van der Waals surface area contributed by atoms with E-state index in [0.29, 0.717) is 28.7 Å². The molecule has 4 heterocycles. The average Bonchev–Trinajstić information content (AvgIpc) is 3.65. The molecular formula is C35H35ClN6O5. The third-order valence-corrected chi connectivity index (χ3v) is 10.3. The minimum absolute atomic E-state index is 0.0922. The summed E-state index contributed by atoms with van der Waals surface area (Å²) in [6, 6.07) is 13.6. The number of pyridine rings is 1. The number of anilines is 1. The van der Waals surface area contributed by atoms with Gasteiger partial charge in [0.05, 0.1) is 23.4 Å². The third-order valence-electron chi connectivity index (χ3n) is 9.85. The summed E-state index contributed by atoms with van der Waals surface area (Å²) in [5, 5.41) is 6.52. The van der Waals surface area contributed by atoms with Gasteiger partial charge in [0.15, 0.2) is 0 Å². The van der Waals surface area contributed by atoms with Crippen LogP contribution in [-0.2, 0) is 25.3 Å². The Kier molecular flexibility index (Phi) is 7.56. The molecule has 2 N–H and O–H groups in total. The molecule has 1 atom stereocenters. The van der Waals surface area contributed by atoms with Crippen molar-refractivity contribution >= 4 is 29.1 Å². The first-order valence-corrected chi connectivity index (χ1v) is 16.0. The number of methoxy groups -OCH3 is 1. The van der Waals surface area contributed by atoms with Gasteiger partial charge in [0.2, 0.25) is 11.8 Å². The van der Waals surface area contributed by atoms with E-state index in [1.807, 2.05) is 37.3 Å². The summed E-state index contributed by atoms with van der Waals surface area (Å²) in [4.78, 5) is 57.1. The highest BCUT2D eigenvalue weighted by atomic mass is 35.5. The van der Waals surface area contributed by atoms with Gasteiger partial charge in [-0.3, -0.25) is 23.9 Å². The molecule has 0 saturated carbocycles. The molecule has 2 amide bonds. The first-order chi connectivity index (χ1) is 22.5. The molecule has 12 heteroatoms. The second-order valence-corrected chi connectivity index (χ2v) is 13.2. The van der Waals surface area contributed by atoms with Crippen molar-refractivity contribution in [3.8, 4) is 28.3 Å². The van der Waals surface area contributed by atoms with Crippen molar-refractivity contribution in [3.05, 3.63) is 96.8 Å². The van der Waals surface area contributed by atoms with Gasteiger partial charge in [0.25, 0.3) is 11.5 Å². The zero-order valence-electron chi connectivity index (χ0n) is 26.6. The van der Waals surface area contributed by atoms with Crippen LogP contribution in [-0.4, -0.2) is 56.6 Å². The van der Waals surface area contributed by atoms with Crippen LogP contribution in [0.15, 0.2) is 58.3 Å². The molecule has 47 heavy (non-hydrogen) atoms. The monoisotopic (exact) mass is 654 g/mol. The minimum atomic E-state index is -0.671. The number of nitrogens with one attached hydrogen (secondary N) is 2. The van der Waals surface area contributed by atoms with E-state index >= 15 is 0 Å². The molecule has 1 spiro atoms. The van der Waals surface area contributed by atoms with E-state index in [1.165, 1.54) is 30.4 Å². The summed E-state index contributed by atoms with van der Waals surface area (Å²) in [5.74, 6) is 0.110. The molecule has 4 aromatic rings. The van der Waals surface area contributed by atoms with Crippen LogP contribution < -0.4 is 26.6 Å². The molecule has 3 aliphatic rings. The van der Waals surface area contributed by atoms with Gasteiger partial charge in [-0.25, -0.2) is 9.78 Å². The van der Waals surface area contributed by atoms with Crippen molar-refractivity contribution in [2.24, 2.45) is 14.1 Å². The van der Waals surface area contributed by atoms with Gasteiger partial charge in [0.1, 0.15) is 5.56 Å². The molecule has 2 saturated heterocycles. The van der Waals surface area contributed by atoms with Gasteiger partial charge >= 0.3 is 5.69 Å². The van der Waals surface area contributed by atoms with Crippen LogP contribution in [0.1, 0.15) is 52.4 Å². The van der Waals surface area contributed by atoms with E-state index in [0.717, 1.165) is 64.7 Å². The summed E-state index contributed by atoms with van der Waals surface area (Å²) < 4.78 is 7.97. The largest absolute Gasteiger partial charge is 0.481 e. The molecule has 1 unspecified atom stereocenters. The fourth-order valence-corrected chi connectivity index (χ4v) is 7.68. The van der Waals surface area contributed by atoms with E-state index in [9.17, 15) is 19.2 Å². The Hall–Kier alpha value is -4.74. The number of hydrogen-bond acceptors (Lipinski definition) is 7. The third kappa shape index (κ3) is 5.14. The number of ether oxygens (including phenoxy) is 1. The minimum Gasteiger partial charge on any atom is -0.481 e. The Morgan fingerprint density at radius 3 is 2.51 bits per heavy atom. The summed E-state index contributed by atoms with van der Waals surface area (Å²) in [7, 11) is 4.47. The molecule has 2 aromatic heterocycles. The number of nitrogens with zero attached hydrogens (tertiary/aromatic N) is 4. The SMILES string of the molecule is COc1nc(-c2cccc(-c3cccc(NC(=O)c4cn(C)c(=O)n(C)c4=O)c3C)c2Cl)cc2c1C(N1CC3(CCC(=O)N3)C1)CC2. The number of amides is 2. The van der Waals surface area contributed by atoms with Gasteiger partial charge in [0, 0.05) is 68.2 Å². The Morgan fingerprint density at radius 2 is 1.79 bits per heavy atom. The number of carbonyl (C=O) groups excluding carboxylic acids is 2. The van der Waals surface area contributed by atoms with E-state index in [1.54, 1.807) is 13.2 Å². The molecule has 0 bridgehead atoms. The van der Waals surface area contributed by atoms with Crippen LogP contribution in [0.2, 0.25) is 5.02 Å². The predicted molar refractivity (Wildman–Crippen MR) is 179 cm³/mol. The van der Waals surface area contributed by atoms with Crippen LogP contribution >= 0.6 is 11.6 Å². The number of aromatic nitrogens is 3. The van der Waals surface area contributed by atoms with Gasteiger partial charge in [-0.05, 0) is 55.0 Å². The first kappa shape index (κ1) is 30.9. The molecule has 242 valence electrons. The maximum absolute atomic E-state index is 13.2. The van der Waals surface area contributed by atoms with Crippen molar-refractivity contribution in [3.63, 3.8) is 0 Å². The van der Waals surface area contributed by atoms with Crippen molar-refractivity contribution in [1.29, 1.82) is 0 Å². The molecular weight excluding hydrogens is 620 g/mol. The van der Waals surface area contributed by atoms with E-state index in [2.05, 4.69) is 21.6 Å². The van der Waals surface area contributed by atoms with Gasteiger partial charge < -0.3 is 19.9 Å². The molecule has 2 fully saturated rings. The Bertz CT molecular complexity index is 2100. The molecule has 2 aliphatic heterocycles. The quantitative estimate of drug-likeness (QED) is 0.322. The van der Waals surface area contributed by atoms with Crippen LogP contribution in [0.25, 0.3) is 22.4 Å². The van der Waals surface area contributed by atoms with E-state index in [-0.39, 0.29) is 23.1 Å². The summed E-state index contributed by atoms with van der Waals surface area (Å²) in [6.45, 7) is 3.55. The topological polar surface area (TPSA) is 128 Å². The lowest BCUT2D eigenvalue weighted by Crippen LogP contribution is -2.67. The lowest BCUT2D eigenvalue weighted by Gasteiger charge is -2.50. The molecule has 1 aliphatic carbocycles. The van der Waals surface area contributed by atoms with Crippen molar-refractivity contribution < 1.29 is 14.3 Å². The van der Waals surface area contributed by atoms with E-state index < -0.39 is 17.2 Å². The number of fused-ring (bicyclic) bond motifs is 1. The molecule has 2 aromatic carbocycles. The molecule has 11 nitrogen and oxygen atoms in total. The molecule has 0 radical (unpaired) electrons. The highest BCUT2D eigenvalue weighted by molar-refractivity contribution is 6.36. The number of rotatable bonds is 6. The van der Waals surface area contributed by atoms with Crippen molar-refractivity contribution in [2.75, 3.05) is 25.5 Å². The maximum Gasteiger partial charge on any atom is 0.330 e. The molecule has 7 rings (SSSR count). The maximum atomic E-state index is 13.2. The summed E-state index contributed by atoms with van der Waals surface area (Å²) in [6.07, 6.45) is 4.57. The van der Waals surface area contributed by atoms with Crippen molar-refractivity contribution in [1.82, 2.24) is 24.3 Å². The van der Waals surface area contributed by atoms with E-state index in [4.69, 9.17) is 21.3 Å². The normalized spacial score (nSPS) is 18.1. The highest BCUT2D eigenvalue weighted by Crippen LogP contribution is 2.47. The summed E-state index contributed by atoms with van der Waals surface area (Å²) >= 11 is 7.13. The van der Waals surface area contributed by atoms with Gasteiger partial charge in [-0.15, -0.1) is 0 Å². The smallest absolute Gasteiger partial charge is 0.330 e. The average molecular weight is 655 g/mol. The lowest BCUT2D eigenvalue weighted by molar-refractivity contribution is -0.121. The van der Waals surface area contributed by atoms with Crippen LogP contribution in [0.4, 0.5) is 5.69 Å². The highest BCUT2D eigenvalue weighted by Gasteiger charge is 2.51. The Morgan fingerprint density at radius 1 is 1.06 bits per heavy atom. The number of aryl methyl sites for hydroxylation is 2. The fraction of sp³-hybridized carbons (Fsp3) is 0.343. The number of halogens is 1. The Balaban J connectivity index is 1.18. The Labute approximate surface area is 276 Å². The standard InChI is InChI=1S/C35H35ClN6O5/c1-19-21(7-6-10-25(19)37-31(44)24-16-40(2)34(46)41(3)33(24)45)22-8-5-9-23(30(22)36)26-15-20-11-12-27(29(20)32(38-26)47-4)42-17-35(18-42)14-13-28(43)39-35/h5-10,15-16,27H,11-14,17-18H2,1-4H3,(H,37,44)(H,39,43). The van der Waals surface area contributed by atoms with Gasteiger partial charge in [-0.1, -0.05) is 41.9 Å². The van der Waals surface area contributed by atoms with Crippen LogP contribution in [0.3, 0.4) is 0 Å². The van der Waals surface area contributed by atoms with Crippen molar-refractivity contribution in [2.45, 2.75) is 44.2 Å². The second-order valence-electron chi connectivity index (χ2n) is 12.8. The zero-order valence-corrected chi connectivity index (χ0v) is 27.4. The summed E-state index contributed by atoms with van der Waals surface area (Å²) in [5.41, 5.74) is 5.18. The number of hydrogen-bond donors (Lipinski definition) is 2. The fourth-order valence-electron chi connectivity index (χ4n) is 7.36. The number of likely N-dealkylation sites (tertiary alicyclic amines) is 1. The predicted octanol–water partition coefficient (Wildman–Crippen LogP) is 3.99. The first-order valence-electron chi connectivity index (χ1n) is 15.6. The number of carbonyl (C=O) groups is 2. The second kappa shape index (κ2) is 11.5. The lowest BCUT2D eigenvalue weighted by atomic mass is 9.86. The zero-order chi connectivity index (χ0) is 33.2.